The molecule has 0 aromatic heterocycles. The second-order valence-electron chi connectivity index (χ2n) is 10.7. The van der Waals surface area contributed by atoms with Gasteiger partial charge in [0.1, 0.15) is 25.4 Å². The summed E-state index contributed by atoms with van der Waals surface area (Å²) < 4.78 is 21.1. The Morgan fingerprint density at radius 2 is 1.10 bits per heavy atom. The molecule has 10 heteroatoms. The molecule has 0 aliphatic rings. The highest BCUT2D eigenvalue weighted by atomic mass is 16.6. The van der Waals surface area contributed by atoms with Gasteiger partial charge in [0, 0.05) is 11.1 Å². The molecular formula is C30H44N2O8. The summed E-state index contributed by atoms with van der Waals surface area (Å²) in [4.78, 5) is 48.6. The van der Waals surface area contributed by atoms with Crippen LogP contribution in [0.25, 0.3) is 0 Å². The Bertz CT molecular complexity index is 1010. The highest BCUT2D eigenvalue weighted by Crippen LogP contribution is 2.27. The Balaban J connectivity index is 2.87. The fourth-order valence-corrected chi connectivity index (χ4v) is 3.37. The lowest BCUT2D eigenvalue weighted by molar-refractivity contribution is -0.142. The Hall–Kier alpha value is -3.82. The van der Waals surface area contributed by atoms with Gasteiger partial charge >= 0.3 is 24.1 Å². The SMILES string of the molecule is C=C(C)C(=O)OCC(CC)OC(=O)NC(C)(C)c1cccc(C(C)(C)NC(=O)OC(CC)COC(=O)C(=C)C)c1. The maximum atomic E-state index is 12.7. The van der Waals surface area contributed by atoms with E-state index >= 15 is 0 Å². The van der Waals surface area contributed by atoms with Gasteiger partial charge in [0.2, 0.25) is 0 Å². The van der Waals surface area contributed by atoms with Crippen molar-refractivity contribution in [1.82, 2.24) is 10.6 Å². The Labute approximate surface area is 237 Å². The number of carbonyl (C=O) groups excluding carboxylic acids is 4. The van der Waals surface area contributed by atoms with Gasteiger partial charge in [-0.1, -0.05) is 51.3 Å². The first-order valence-corrected chi connectivity index (χ1v) is 13.3. The van der Waals surface area contributed by atoms with E-state index in [4.69, 9.17) is 18.9 Å². The normalized spacial score (nSPS) is 12.8. The molecule has 0 aliphatic heterocycles. The molecule has 1 aromatic carbocycles. The van der Waals surface area contributed by atoms with Gasteiger partial charge in [-0.25, -0.2) is 19.2 Å². The summed E-state index contributed by atoms with van der Waals surface area (Å²) in [5.41, 5.74) is 0.393. The van der Waals surface area contributed by atoms with Crippen LogP contribution < -0.4 is 10.6 Å². The predicted octanol–water partition coefficient (Wildman–Crippen LogP) is 5.41. The lowest BCUT2D eigenvalue weighted by atomic mass is 9.87. The average molecular weight is 561 g/mol. The van der Waals surface area contributed by atoms with Gasteiger partial charge in [-0.15, -0.1) is 0 Å². The van der Waals surface area contributed by atoms with Crippen LogP contribution in [0.4, 0.5) is 9.59 Å². The largest absolute Gasteiger partial charge is 0.458 e. The molecule has 10 nitrogen and oxygen atoms in total. The van der Waals surface area contributed by atoms with Crippen LogP contribution in [0.2, 0.25) is 0 Å². The third kappa shape index (κ3) is 11.1. The van der Waals surface area contributed by atoms with Crippen molar-refractivity contribution in [3.63, 3.8) is 0 Å². The van der Waals surface area contributed by atoms with Crippen molar-refractivity contribution in [2.75, 3.05) is 13.2 Å². The zero-order chi connectivity index (χ0) is 30.7. The minimum absolute atomic E-state index is 0.0727. The van der Waals surface area contributed by atoms with Crippen LogP contribution in [0.1, 0.15) is 79.4 Å². The standard InChI is InChI=1S/C30H44N2O8/c1-11-23(17-37-25(33)19(3)4)39-27(35)31-29(7,8)21-14-13-15-22(16-21)30(9,10)32-28(36)40-24(12-2)18-38-26(34)20(5)6/h13-16,23-24H,3,5,11-12,17-18H2,1-2,4,6-10H3,(H,31,35)(H,32,36). The highest BCUT2D eigenvalue weighted by Gasteiger charge is 2.30. The van der Waals surface area contributed by atoms with E-state index in [-0.39, 0.29) is 24.4 Å². The van der Waals surface area contributed by atoms with E-state index in [2.05, 4.69) is 23.8 Å². The topological polar surface area (TPSA) is 129 Å². The lowest BCUT2D eigenvalue weighted by Crippen LogP contribution is -2.44. The molecule has 0 aliphatic carbocycles. The molecule has 2 unspecified atom stereocenters. The van der Waals surface area contributed by atoms with Crippen molar-refractivity contribution in [2.45, 2.75) is 91.5 Å². The molecule has 1 rings (SSSR count). The summed E-state index contributed by atoms with van der Waals surface area (Å²) in [6, 6.07) is 7.41. The number of hydrogen-bond donors (Lipinski definition) is 2. The van der Waals surface area contributed by atoms with Gasteiger partial charge in [0.25, 0.3) is 0 Å². The molecule has 0 bridgehead atoms. The van der Waals surface area contributed by atoms with Crippen LogP contribution in [-0.4, -0.2) is 49.5 Å². The third-order valence-corrected chi connectivity index (χ3v) is 6.09. The molecule has 0 radical (unpaired) electrons. The number of nitrogens with one attached hydrogen (secondary N) is 2. The van der Waals surface area contributed by atoms with Gasteiger partial charge < -0.3 is 29.6 Å². The molecule has 0 saturated heterocycles. The first-order chi connectivity index (χ1) is 18.5. The molecule has 0 saturated carbocycles. The summed E-state index contributed by atoms with van der Waals surface area (Å²) in [5.74, 6) is -1.09. The molecule has 0 spiro atoms. The van der Waals surface area contributed by atoms with E-state index in [1.165, 1.54) is 0 Å². The van der Waals surface area contributed by atoms with E-state index in [1.54, 1.807) is 13.8 Å². The maximum absolute atomic E-state index is 12.7. The van der Waals surface area contributed by atoms with E-state index in [1.807, 2.05) is 65.8 Å². The molecule has 0 fully saturated rings. The van der Waals surface area contributed by atoms with Crippen molar-refractivity contribution in [1.29, 1.82) is 0 Å². The van der Waals surface area contributed by atoms with E-state index in [9.17, 15) is 19.2 Å². The summed E-state index contributed by atoms with van der Waals surface area (Å²) in [6.07, 6.45) is -1.64. The van der Waals surface area contributed by atoms with Crippen molar-refractivity contribution < 1.29 is 38.1 Å². The lowest BCUT2D eigenvalue weighted by Gasteiger charge is -2.31. The molecule has 1 aromatic rings. The van der Waals surface area contributed by atoms with E-state index in [0.29, 0.717) is 12.8 Å². The minimum atomic E-state index is -0.836. The quantitative estimate of drug-likeness (QED) is 0.176. The van der Waals surface area contributed by atoms with Crippen molar-refractivity contribution >= 4 is 24.1 Å². The summed E-state index contributed by atoms with van der Waals surface area (Å²) in [5, 5.41) is 5.71. The summed E-state index contributed by atoms with van der Waals surface area (Å²) in [6.45, 7) is 20.9. The summed E-state index contributed by atoms with van der Waals surface area (Å²) >= 11 is 0. The molecule has 222 valence electrons. The van der Waals surface area contributed by atoms with Crippen LogP contribution in [-0.2, 0) is 39.6 Å². The number of carbonyl (C=O) groups is 4. The van der Waals surface area contributed by atoms with Crippen LogP contribution in [0.3, 0.4) is 0 Å². The monoisotopic (exact) mass is 560 g/mol. The molecule has 2 amide bonds. The number of alkyl carbamates (subject to hydrolysis) is 2. The van der Waals surface area contributed by atoms with Gasteiger partial charge in [-0.05, 0) is 65.5 Å². The highest BCUT2D eigenvalue weighted by molar-refractivity contribution is 5.87. The predicted molar refractivity (Wildman–Crippen MR) is 151 cm³/mol. The Morgan fingerprint density at radius 1 is 0.750 bits per heavy atom. The molecule has 40 heavy (non-hydrogen) atoms. The van der Waals surface area contributed by atoms with Gasteiger partial charge in [-0.2, -0.15) is 0 Å². The van der Waals surface area contributed by atoms with Crippen LogP contribution in [0, 0.1) is 0 Å². The van der Waals surface area contributed by atoms with Gasteiger partial charge in [-0.3, -0.25) is 0 Å². The average Bonchev–Trinajstić information content (AvgIpc) is 2.87. The van der Waals surface area contributed by atoms with Crippen LogP contribution >= 0.6 is 0 Å². The van der Waals surface area contributed by atoms with Crippen molar-refractivity contribution in [3.8, 4) is 0 Å². The molecule has 2 atom stereocenters. The van der Waals surface area contributed by atoms with Crippen molar-refractivity contribution in [2.24, 2.45) is 0 Å². The summed E-state index contributed by atoms with van der Waals surface area (Å²) in [7, 11) is 0. The number of benzene rings is 1. The second kappa shape index (κ2) is 15.1. The molecular weight excluding hydrogens is 516 g/mol. The van der Waals surface area contributed by atoms with Gasteiger partial charge in [0.05, 0.1) is 11.1 Å². The Kier molecular flexibility index (Phi) is 12.9. The maximum Gasteiger partial charge on any atom is 0.408 e. The van der Waals surface area contributed by atoms with Gasteiger partial charge in [0.15, 0.2) is 0 Å². The minimum Gasteiger partial charge on any atom is -0.458 e. The number of amides is 2. The molecule has 0 heterocycles. The second-order valence-corrected chi connectivity index (χ2v) is 10.7. The fraction of sp³-hybridized carbons (Fsp3) is 0.533. The first-order valence-electron chi connectivity index (χ1n) is 13.3. The van der Waals surface area contributed by atoms with E-state index < -0.39 is 47.4 Å². The first kappa shape index (κ1) is 34.2. The third-order valence-electron chi connectivity index (χ3n) is 6.09. The number of hydrogen-bond acceptors (Lipinski definition) is 8. The molecule has 2 N–H and O–H groups in total. The smallest absolute Gasteiger partial charge is 0.408 e. The number of esters is 2. The zero-order valence-corrected chi connectivity index (χ0v) is 25.0. The van der Waals surface area contributed by atoms with E-state index in [0.717, 1.165) is 11.1 Å². The zero-order valence-electron chi connectivity index (χ0n) is 25.0. The number of rotatable bonds is 14. The number of ether oxygens (including phenoxy) is 4. The van der Waals surface area contributed by atoms with Crippen LogP contribution in [0.15, 0.2) is 48.6 Å². The fourth-order valence-electron chi connectivity index (χ4n) is 3.37. The van der Waals surface area contributed by atoms with Crippen LogP contribution in [0.5, 0.6) is 0 Å². The Morgan fingerprint density at radius 3 is 1.40 bits per heavy atom. The van der Waals surface area contributed by atoms with Crippen molar-refractivity contribution in [3.05, 3.63) is 59.7 Å².